The van der Waals surface area contributed by atoms with Gasteiger partial charge in [-0.1, -0.05) is 26.8 Å². The fraction of sp³-hybridized carbons (Fsp3) is 0.500. The molecule has 0 aliphatic rings. The van der Waals surface area contributed by atoms with Crippen LogP contribution in [-0.4, -0.2) is 0 Å². The molecule has 0 aliphatic carbocycles. The fourth-order valence-electron chi connectivity index (χ4n) is 1.51. The van der Waals surface area contributed by atoms with Crippen LogP contribution in [0.15, 0.2) is 18.2 Å². The number of hydrogen-bond donors (Lipinski definition) is 0. The Hall–Kier alpha value is -1.06. The molecule has 0 amide bonds. The van der Waals surface area contributed by atoms with Gasteiger partial charge >= 0.3 is 6.18 Å². The van der Waals surface area contributed by atoms with Gasteiger partial charge in [0.2, 0.25) is 0 Å². The molecule has 1 rings (SSSR count). The lowest BCUT2D eigenvalue weighted by Crippen LogP contribution is -2.12. The van der Waals surface area contributed by atoms with Gasteiger partial charge < -0.3 is 0 Å². The highest BCUT2D eigenvalue weighted by molar-refractivity contribution is 5.28. The maximum Gasteiger partial charge on any atom is 0.419 e. The van der Waals surface area contributed by atoms with Crippen LogP contribution >= 0.6 is 0 Å². The zero-order valence-electron chi connectivity index (χ0n) is 9.45. The van der Waals surface area contributed by atoms with Crippen molar-refractivity contribution in [3.63, 3.8) is 0 Å². The number of rotatable bonds is 1. The molecule has 16 heavy (non-hydrogen) atoms. The zero-order valence-corrected chi connectivity index (χ0v) is 9.45. The summed E-state index contributed by atoms with van der Waals surface area (Å²) in [5, 5.41) is 0. The highest BCUT2D eigenvalue weighted by Crippen LogP contribution is 2.33. The van der Waals surface area contributed by atoms with E-state index in [4.69, 9.17) is 0 Å². The lowest BCUT2D eigenvalue weighted by molar-refractivity contribution is -0.140. The molecule has 0 saturated heterocycles. The molecule has 0 fully saturated rings. The van der Waals surface area contributed by atoms with E-state index in [1.54, 1.807) is 0 Å². The minimum atomic E-state index is -4.63. The maximum absolute atomic E-state index is 13.0. The van der Waals surface area contributed by atoms with Crippen molar-refractivity contribution in [3.05, 3.63) is 35.1 Å². The summed E-state index contributed by atoms with van der Waals surface area (Å²) >= 11 is 0. The second kappa shape index (κ2) is 4.07. The molecule has 0 saturated carbocycles. The summed E-state index contributed by atoms with van der Waals surface area (Å²) in [6, 6.07) is 3.17. The lowest BCUT2D eigenvalue weighted by Gasteiger charge is -2.19. The van der Waals surface area contributed by atoms with E-state index in [0.29, 0.717) is 12.0 Å². The third-order valence-electron chi connectivity index (χ3n) is 2.07. The smallest absolute Gasteiger partial charge is 0.206 e. The number of benzene rings is 1. The molecule has 0 bridgehead atoms. The van der Waals surface area contributed by atoms with Gasteiger partial charge in [0.05, 0.1) is 5.56 Å². The van der Waals surface area contributed by atoms with Crippen LogP contribution in [0.4, 0.5) is 17.6 Å². The van der Waals surface area contributed by atoms with E-state index in [0.717, 1.165) is 12.1 Å². The minimum absolute atomic E-state index is 0.124. The normalized spacial score (nSPS) is 12.9. The maximum atomic E-state index is 13.0. The second-order valence-corrected chi connectivity index (χ2v) is 5.05. The molecular formula is C12H14F4. The van der Waals surface area contributed by atoms with Crippen LogP contribution in [0, 0.1) is 11.2 Å². The van der Waals surface area contributed by atoms with Crippen LogP contribution in [0.5, 0.6) is 0 Å². The Balaban J connectivity index is 3.09. The summed E-state index contributed by atoms with van der Waals surface area (Å²) in [5.41, 5.74) is -0.809. The number of halogens is 4. The van der Waals surface area contributed by atoms with Crippen LogP contribution in [0.25, 0.3) is 0 Å². The Morgan fingerprint density at radius 3 is 2.06 bits per heavy atom. The van der Waals surface area contributed by atoms with Crippen molar-refractivity contribution in [3.8, 4) is 0 Å². The SMILES string of the molecule is CC(C)(C)Cc1ccc(F)c(C(F)(F)F)c1. The Morgan fingerprint density at radius 1 is 1.06 bits per heavy atom. The second-order valence-electron chi connectivity index (χ2n) is 5.05. The molecule has 0 radical (unpaired) electrons. The third kappa shape index (κ3) is 3.51. The first-order chi connectivity index (χ1) is 7.09. The van der Waals surface area contributed by atoms with Gasteiger partial charge in [-0.05, 0) is 29.5 Å². The predicted molar refractivity (Wildman–Crippen MR) is 54.6 cm³/mol. The van der Waals surface area contributed by atoms with Gasteiger partial charge in [0.25, 0.3) is 0 Å². The fourth-order valence-corrected chi connectivity index (χ4v) is 1.51. The van der Waals surface area contributed by atoms with Crippen molar-refractivity contribution in [2.45, 2.75) is 33.4 Å². The molecule has 0 aliphatic heterocycles. The zero-order chi connectivity index (χ0) is 12.6. The molecular weight excluding hydrogens is 220 g/mol. The van der Waals surface area contributed by atoms with Crippen molar-refractivity contribution in [2.75, 3.05) is 0 Å². The Morgan fingerprint density at radius 2 is 1.62 bits per heavy atom. The van der Waals surface area contributed by atoms with E-state index < -0.39 is 17.6 Å². The Kier molecular flexibility index (Phi) is 3.31. The Labute approximate surface area is 92.3 Å². The van der Waals surface area contributed by atoms with E-state index in [-0.39, 0.29) is 5.41 Å². The van der Waals surface area contributed by atoms with Gasteiger partial charge in [-0.3, -0.25) is 0 Å². The van der Waals surface area contributed by atoms with Crippen LogP contribution < -0.4 is 0 Å². The van der Waals surface area contributed by atoms with Crippen molar-refractivity contribution >= 4 is 0 Å². The lowest BCUT2D eigenvalue weighted by atomic mass is 9.87. The molecule has 0 spiro atoms. The molecule has 4 heteroatoms. The predicted octanol–water partition coefficient (Wildman–Crippen LogP) is 4.43. The number of hydrogen-bond acceptors (Lipinski definition) is 0. The minimum Gasteiger partial charge on any atom is -0.206 e. The monoisotopic (exact) mass is 234 g/mol. The van der Waals surface area contributed by atoms with Gasteiger partial charge in [0, 0.05) is 0 Å². The van der Waals surface area contributed by atoms with Crippen LogP contribution in [-0.2, 0) is 12.6 Å². The van der Waals surface area contributed by atoms with Gasteiger partial charge in [0.1, 0.15) is 5.82 Å². The van der Waals surface area contributed by atoms with Gasteiger partial charge in [-0.15, -0.1) is 0 Å². The van der Waals surface area contributed by atoms with Crippen molar-refractivity contribution in [1.82, 2.24) is 0 Å². The average Bonchev–Trinajstić information content (AvgIpc) is 2.04. The van der Waals surface area contributed by atoms with Gasteiger partial charge in [-0.25, -0.2) is 4.39 Å². The molecule has 1 aromatic rings. The summed E-state index contributed by atoms with van der Waals surface area (Å²) < 4.78 is 50.2. The first kappa shape index (κ1) is 13.0. The summed E-state index contributed by atoms with van der Waals surface area (Å²) in [4.78, 5) is 0. The third-order valence-corrected chi connectivity index (χ3v) is 2.07. The van der Waals surface area contributed by atoms with Crippen molar-refractivity contribution in [2.24, 2.45) is 5.41 Å². The Bertz CT molecular complexity index is 372. The topological polar surface area (TPSA) is 0 Å². The van der Waals surface area contributed by atoms with Crippen LogP contribution in [0.2, 0.25) is 0 Å². The van der Waals surface area contributed by atoms with E-state index in [1.807, 2.05) is 20.8 Å². The molecule has 0 nitrogen and oxygen atoms in total. The molecule has 0 unspecified atom stereocenters. The standard InChI is InChI=1S/C12H14F4/c1-11(2,3)7-8-4-5-10(13)9(6-8)12(14,15)16/h4-6H,7H2,1-3H3. The van der Waals surface area contributed by atoms with E-state index in [9.17, 15) is 17.6 Å². The molecule has 1 aromatic carbocycles. The quantitative estimate of drug-likeness (QED) is 0.630. The molecule has 0 atom stereocenters. The summed E-state index contributed by atoms with van der Waals surface area (Å²) in [6.07, 6.45) is -4.14. The molecule has 90 valence electrons. The van der Waals surface area contributed by atoms with Gasteiger partial charge in [-0.2, -0.15) is 13.2 Å². The first-order valence-electron chi connectivity index (χ1n) is 4.95. The van der Waals surface area contributed by atoms with Gasteiger partial charge in [0.15, 0.2) is 0 Å². The molecule has 0 aromatic heterocycles. The summed E-state index contributed by atoms with van der Waals surface area (Å²) in [7, 11) is 0. The number of alkyl halides is 3. The summed E-state index contributed by atoms with van der Waals surface area (Å²) in [5.74, 6) is -1.22. The average molecular weight is 234 g/mol. The van der Waals surface area contributed by atoms with Crippen LogP contribution in [0.3, 0.4) is 0 Å². The molecule has 0 N–H and O–H groups in total. The highest BCUT2D eigenvalue weighted by Gasteiger charge is 2.34. The first-order valence-corrected chi connectivity index (χ1v) is 4.95. The van der Waals surface area contributed by atoms with Crippen molar-refractivity contribution in [1.29, 1.82) is 0 Å². The van der Waals surface area contributed by atoms with Crippen molar-refractivity contribution < 1.29 is 17.6 Å². The van der Waals surface area contributed by atoms with E-state index >= 15 is 0 Å². The largest absolute Gasteiger partial charge is 0.419 e. The molecule has 0 heterocycles. The highest BCUT2D eigenvalue weighted by atomic mass is 19.4. The summed E-state index contributed by atoms with van der Waals surface area (Å²) in [6.45, 7) is 5.76. The van der Waals surface area contributed by atoms with Crippen LogP contribution in [0.1, 0.15) is 31.9 Å². The van der Waals surface area contributed by atoms with E-state index in [2.05, 4.69) is 0 Å². The van der Waals surface area contributed by atoms with E-state index in [1.165, 1.54) is 6.07 Å².